The summed E-state index contributed by atoms with van der Waals surface area (Å²) < 4.78 is 32.6. The van der Waals surface area contributed by atoms with E-state index in [0.29, 0.717) is 29.4 Å². The number of hydrogen-bond donors (Lipinski definition) is 1. The molecule has 1 N–H and O–H groups in total. The summed E-state index contributed by atoms with van der Waals surface area (Å²) in [6.45, 7) is 6.56. The maximum absolute atomic E-state index is 12.8. The van der Waals surface area contributed by atoms with Crippen LogP contribution in [0.25, 0.3) is 11.1 Å². The van der Waals surface area contributed by atoms with Crippen LogP contribution in [-0.4, -0.2) is 55.5 Å². The molecule has 4 rings (SSSR count). The first-order valence-electron chi connectivity index (χ1n) is 11.6. The summed E-state index contributed by atoms with van der Waals surface area (Å²) in [5.74, 6) is -0.0338. The van der Waals surface area contributed by atoms with Crippen molar-refractivity contribution in [2.24, 2.45) is 0 Å². The van der Waals surface area contributed by atoms with Crippen molar-refractivity contribution in [3.63, 3.8) is 0 Å². The Labute approximate surface area is 204 Å². The summed E-state index contributed by atoms with van der Waals surface area (Å²) >= 11 is 1.17. The summed E-state index contributed by atoms with van der Waals surface area (Å²) in [5.41, 5.74) is 2.86. The fourth-order valence-electron chi connectivity index (χ4n) is 4.05. The maximum Gasteiger partial charge on any atom is 0.257 e. The second-order valence-electron chi connectivity index (χ2n) is 8.13. The van der Waals surface area contributed by atoms with Crippen molar-refractivity contribution in [1.29, 1.82) is 0 Å². The number of oxazole rings is 1. The molecule has 1 aromatic heterocycles. The molecule has 10 heteroatoms. The highest BCUT2D eigenvalue weighted by Gasteiger charge is 2.23. The molecule has 3 aromatic rings. The quantitative estimate of drug-likeness (QED) is 0.428. The number of rotatable bonds is 9. The lowest BCUT2D eigenvalue weighted by Crippen LogP contribution is -2.30. The number of nitrogens with zero attached hydrogens (tertiary/aromatic N) is 3. The number of sulfonamides is 1. The highest BCUT2D eigenvalue weighted by molar-refractivity contribution is 7.99. The van der Waals surface area contributed by atoms with E-state index < -0.39 is 10.0 Å². The number of anilines is 2. The summed E-state index contributed by atoms with van der Waals surface area (Å²) in [6.07, 6.45) is 3.73. The minimum atomic E-state index is -3.58. The van der Waals surface area contributed by atoms with Crippen LogP contribution in [0.15, 0.2) is 57.0 Å². The molecule has 0 atom stereocenters. The fraction of sp³-hybridized carbons (Fsp3) is 0.417. The molecular weight excluding hydrogens is 472 g/mol. The smallest absolute Gasteiger partial charge is 0.257 e. The maximum atomic E-state index is 12.8. The molecule has 34 heavy (non-hydrogen) atoms. The number of amides is 1. The molecule has 2 heterocycles. The zero-order chi connectivity index (χ0) is 24.1. The summed E-state index contributed by atoms with van der Waals surface area (Å²) in [5, 5.41) is 3.22. The van der Waals surface area contributed by atoms with Gasteiger partial charge in [0.05, 0.1) is 10.6 Å². The number of piperidine rings is 1. The van der Waals surface area contributed by atoms with Gasteiger partial charge in [-0.05, 0) is 61.7 Å². The second kappa shape index (κ2) is 10.8. The van der Waals surface area contributed by atoms with Crippen LogP contribution in [0, 0.1) is 0 Å². The minimum absolute atomic E-state index is 0.130. The molecule has 1 saturated heterocycles. The summed E-state index contributed by atoms with van der Waals surface area (Å²) in [4.78, 5) is 19.3. The molecule has 0 unspecified atom stereocenters. The van der Waals surface area contributed by atoms with Gasteiger partial charge in [0.25, 0.3) is 5.22 Å². The van der Waals surface area contributed by atoms with Gasteiger partial charge in [0.1, 0.15) is 5.52 Å². The van der Waals surface area contributed by atoms with E-state index in [1.54, 1.807) is 19.9 Å². The Bertz CT molecular complexity index is 1230. The Hall–Kier alpha value is -2.56. The molecule has 0 bridgehead atoms. The Balaban J connectivity index is 1.36. The number of aromatic nitrogens is 1. The van der Waals surface area contributed by atoms with E-state index in [1.165, 1.54) is 53.1 Å². The van der Waals surface area contributed by atoms with Crippen LogP contribution in [0.3, 0.4) is 0 Å². The van der Waals surface area contributed by atoms with Gasteiger partial charge in [-0.1, -0.05) is 25.6 Å². The lowest BCUT2D eigenvalue weighted by atomic mass is 10.1. The van der Waals surface area contributed by atoms with Crippen LogP contribution >= 0.6 is 11.8 Å². The molecule has 0 aliphatic carbocycles. The van der Waals surface area contributed by atoms with E-state index in [1.807, 2.05) is 24.3 Å². The topological polar surface area (TPSA) is 95.8 Å². The van der Waals surface area contributed by atoms with Gasteiger partial charge in [0.2, 0.25) is 15.9 Å². The van der Waals surface area contributed by atoms with Crippen LogP contribution in [0.5, 0.6) is 0 Å². The number of benzene rings is 2. The first-order valence-corrected chi connectivity index (χ1v) is 14.0. The number of thioether (sulfide) groups is 1. The second-order valence-corrected chi connectivity index (χ2v) is 11.0. The average molecular weight is 503 g/mol. The predicted molar refractivity (Wildman–Crippen MR) is 136 cm³/mol. The molecule has 1 aliphatic rings. The van der Waals surface area contributed by atoms with Crippen LogP contribution in [0.2, 0.25) is 0 Å². The number of hydrogen-bond acceptors (Lipinski definition) is 7. The van der Waals surface area contributed by atoms with Crippen molar-refractivity contribution in [3.8, 4) is 0 Å². The Morgan fingerprint density at radius 1 is 1.09 bits per heavy atom. The van der Waals surface area contributed by atoms with Gasteiger partial charge in [-0.2, -0.15) is 4.31 Å². The van der Waals surface area contributed by atoms with Crippen molar-refractivity contribution in [1.82, 2.24) is 9.29 Å². The van der Waals surface area contributed by atoms with Gasteiger partial charge >= 0.3 is 0 Å². The first kappa shape index (κ1) is 24.6. The zero-order valence-electron chi connectivity index (χ0n) is 19.5. The largest absolute Gasteiger partial charge is 0.431 e. The van der Waals surface area contributed by atoms with E-state index in [-0.39, 0.29) is 16.6 Å². The number of nitrogens with one attached hydrogen (secondary N) is 1. The lowest BCUT2D eigenvalue weighted by molar-refractivity contribution is -0.113. The Morgan fingerprint density at radius 2 is 1.79 bits per heavy atom. The van der Waals surface area contributed by atoms with E-state index in [9.17, 15) is 13.2 Å². The summed E-state index contributed by atoms with van der Waals surface area (Å²) in [6, 6.07) is 12.6. The van der Waals surface area contributed by atoms with E-state index >= 15 is 0 Å². The molecule has 1 amide bonds. The van der Waals surface area contributed by atoms with Crippen molar-refractivity contribution in [2.45, 2.75) is 43.2 Å². The normalized spacial score (nSPS) is 14.6. The molecular formula is C24H30N4O4S2. The van der Waals surface area contributed by atoms with Crippen LogP contribution < -0.4 is 10.2 Å². The fourth-order valence-corrected chi connectivity index (χ4v) is 6.17. The molecule has 1 fully saturated rings. The van der Waals surface area contributed by atoms with Gasteiger partial charge in [0, 0.05) is 37.6 Å². The SMILES string of the molecule is CCN(CC)S(=O)(=O)c1ccc2oc(SCC(=O)Nc3ccc(N4CCCCC4)cc3)nc2c1. The van der Waals surface area contributed by atoms with Crippen molar-refractivity contribution in [3.05, 3.63) is 42.5 Å². The van der Waals surface area contributed by atoms with Crippen molar-refractivity contribution in [2.75, 3.05) is 42.1 Å². The number of carbonyl (C=O) groups is 1. The molecule has 0 spiro atoms. The zero-order valence-corrected chi connectivity index (χ0v) is 21.1. The minimum Gasteiger partial charge on any atom is -0.431 e. The highest BCUT2D eigenvalue weighted by Crippen LogP contribution is 2.27. The monoisotopic (exact) mass is 502 g/mol. The number of carbonyl (C=O) groups excluding carboxylic acids is 1. The third kappa shape index (κ3) is 5.56. The van der Waals surface area contributed by atoms with Gasteiger partial charge in [-0.3, -0.25) is 4.79 Å². The summed E-state index contributed by atoms with van der Waals surface area (Å²) in [7, 11) is -3.58. The third-order valence-electron chi connectivity index (χ3n) is 5.88. The average Bonchev–Trinajstić information content (AvgIpc) is 3.27. The first-order chi connectivity index (χ1) is 16.4. The molecule has 1 aliphatic heterocycles. The van der Waals surface area contributed by atoms with Crippen LogP contribution in [-0.2, 0) is 14.8 Å². The Kier molecular flexibility index (Phi) is 7.80. The lowest BCUT2D eigenvalue weighted by Gasteiger charge is -2.28. The van der Waals surface area contributed by atoms with Gasteiger partial charge in [-0.15, -0.1) is 0 Å². The van der Waals surface area contributed by atoms with Gasteiger partial charge < -0.3 is 14.6 Å². The Morgan fingerprint density at radius 3 is 2.47 bits per heavy atom. The highest BCUT2D eigenvalue weighted by atomic mass is 32.2. The molecule has 2 aromatic carbocycles. The standard InChI is InChI=1S/C24H30N4O4S2/c1-3-28(4-2)34(30,31)20-12-13-22-21(16-20)26-24(32-22)33-17-23(29)25-18-8-10-19(11-9-18)27-14-6-5-7-15-27/h8-13,16H,3-7,14-15,17H2,1-2H3,(H,25,29). The molecule has 182 valence electrons. The van der Waals surface area contributed by atoms with Crippen LogP contribution in [0.1, 0.15) is 33.1 Å². The third-order valence-corrected chi connectivity index (χ3v) is 8.76. The van der Waals surface area contributed by atoms with Gasteiger partial charge in [-0.25, -0.2) is 13.4 Å². The van der Waals surface area contributed by atoms with Crippen molar-refractivity contribution >= 4 is 50.2 Å². The van der Waals surface area contributed by atoms with E-state index in [4.69, 9.17) is 4.42 Å². The van der Waals surface area contributed by atoms with Crippen LogP contribution in [0.4, 0.5) is 11.4 Å². The van der Waals surface area contributed by atoms with Gasteiger partial charge in [0.15, 0.2) is 5.58 Å². The molecule has 8 nitrogen and oxygen atoms in total. The predicted octanol–water partition coefficient (Wildman–Crippen LogP) is 4.58. The number of fused-ring (bicyclic) bond motifs is 1. The molecule has 0 saturated carbocycles. The van der Waals surface area contributed by atoms with Crippen molar-refractivity contribution < 1.29 is 17.6 Å². The molecule has 0 radical (unpaired) electrons. The van der Waals surface area contributed by atoms with E-state index in [0.717, 1.165) is 18.8 Å². The van der Waals surface area contributed by atoms with E-state index in [2.05, 4.69) is 15.2 Å².